The number of aliphatic hydroxyl groups is 1. The van der Waals surface area contributed by atoms with Crippen molar-refractivity contribution in [3.63, 3.8) is 0 Å². The lowest BCUT2D eigenvalue weighted by Crippen LogP contribution is -2.12. The molecule has 0 amide bonds. The SMILES string of the molecule is OCC1CC(c2cccs2)=NO1. The van der Waals surface area contributed by atoms with Gasteiger partial charge in [-0.05, 0) is 11.4 Å². The molecule has 64 valence electrons. The average molecular weight is 183 g/mol. The summed E-state index contributed by atoms with van der Waals surface area (Å²) >= 11 is 1.64. The fourth-order valence-corrected chi connectivity index (χ4v) is 1.83. The van der Waals surface area contributed by atoms with Crippen molar-refractivity contribution in [1.82, 2.24) is 0 Å². The van der Waals surface area contributed by atoms with Crippen molar-refractivity contribution in [3.8, 4) is 0 Å². The van der Waals surface area contributed by atoms with Gasteiger partial charge in [-0.2, -0.15) is 0 Å². The molecular formula is C8H9NO2S. The lowest BCUT2D eigenvalue weighted by molar-refractivity contribution is 0.0390. The number of nitrogens with zero attached hydrogens (tertiary/aromatic N) is 1. The molecule has 1 aliphatic heterocycles. The monoisotopic (exact) mass is 183 g/mol. The van der Waals surface area contributed by atoms with E-state index in [0.29, 0.717) is 0 Å². The molecule has 0 radical (unpaired) electrons. The first-order chi connectivity index (χ1) is 5.90. The number of rotatable bonds is 2. The molecule has 12 heavy (non-hydrogen) atoms. The van der Waals surface area contributed by atoms with E-state index in [1.165, 1.54) is 0 Å². The third-order valence-electron chi connectivity index (χ3n) is 1.74. The van der Waals surface area contributed by atoms with Crippen LogP contribution in [0.1, 0.15) is 11.3 Å². The van der Waals surface area contributed by atoms with Crippen LogP contribution in [0.25, 0.3) is 0 Å². The van der Waals surface area contributed by atoms with Gasteiger partial charge in [0, 0.05) is 6.42 Å². The molecule has 1 N–H and O–H groups in total. The number of oxime groups is 1. The smallest absolute Gasteiger partial charge is 0.156 e. The zero-order valence-electron chi connectivity index (χ0n) is 6.43. The van der Waals surface area contributed by atoms with Gasteiger partial charge in [0.25, 0.3) is 0 Å². The lowest BCUT2D eigenvalue weighted by atomic mass is 10.2. The first-order valence-corrected chi connectivity index (χ1v) is 4.65. The van der Waals surface area contributed by atoms with E-state index in [9.17, 15) is 0 Å². The van der Waals surface area contributed by atoms with E-state index < -0.39 is 0 Å². The second-order valence-corrected chi connectivity index (χ2v) is 3.58. The summed E-state index contributed by atoms with van der Waals surface area (Å²) in [5, 5.41) is 14.7. The van der Waals surface area contributed by atoms with Gasteiger partial charge in [0.05, 0.1) is 11.5 Å². The van der Waals surface area contributed by atoms with Gasteiger partial charge in [0.15, 0.2) is 6.10 Å². The topological polar surface area (TPSA) is 41.8 Å². The quantitative estimate of drug-likeness (QED) is 0.749. The standard InChI is InChI=1S/C8H9NO2S/c10-5-6-4-7(9-11-6)8-2-1-3-12-8/h1-3,6,10H,4-5H2. The molecule has 0 bridgehead atoms. The number of hydrogen-bond acceptors (Lipinski definition) is 4. The van der Waals surface area contributed by atoms with Crippen molar-refractivity contribution in [2.24, 2.45) is 5.16 Å². The molecule has 2 heterocycles. The van der Waals surface area contributed by atoms with E-state index >= 15 is 0 Å². The molecule has 0 saturated heterocycles. The molecule has 1 aliphatic rings. The van der Waals surface area contributed by atoms with Crippen LogP contribution in [0.15, 0.2) is 22.7 Å². The van der Waals surface area contributed by atoms with Crippen molar-refractivity contribution < 1.29 is 9.94 Å². The van der Waals surface area contributed by atoms with Crippen molar-refractivity contribution in [1.29, 1.82) is 0 Å². The Bertz CT molecular complexity index is 281. The van der Waals surface area contributed by atoms with Crippen molar-refractivity contribution in [2.75, 3.05) is 6.61 Å². The molecule has 0 aromatic carbocycles. The Hall–Kier alpha value is -0.870. The van der Waals surface area contributed by atoms with Crippen LogP contribution in [-0.2, 0) is 4.84 Å². The molecule has 2 rings (SSSR count). The van der Waals surface area contributed by atoms with Crippen LogP contribution in [0.5, 0.6) is 0 Å². The molecule has 0 fully saturated rings. The fourth-order valence-electron chi connectivity index (χ4n) is 1.11. The Labute approximate surface area is 74.3 Å². The van der Waals surface area contributed by atoms with E-state index in [-0.39, 0.29) is 12.7 Å². The van der Waals surface area contributed by atoms with Crippen molar-refractivity contribution in [2.45, 2.75) is 12.5 Å². The summed E-state index contributed by atoms with van der Waals surface area (Å²) in [6.45, 7) is 0.0401. The van der Waals surface area contributed by atoms with Crippen molar-refractivity contribution >= 4 is 17.0 Å². The maximum Gasteiger partial charge on any atom is 0.156 e. The van der Waals surface area contributed by atoms with Crippen LogP contribution in [0.3, 0.4) is 0 Å². The van der Waals surface area contributed by atoms with E-state index in [2.05, 4.69) is 5.16 Å². The van der Waals surface area contributed by atoms with Crippen LogP contribution >= 0.6 is 11.3 Å². The van der Waals surface area contributed by atoms with Gasteiger partial charge in [0.2, 0.25) is 0 Å². The largest absolute Gasteiger partial charge is 0.392 e. The summed E-state index contributed by atoms with van der Waals surface area (Å²) in [4.78, 5) is 6.11. The van der Waals surface area contributed by atoms with Gasteiger partial charge < -0.3 is 9.94 Å². The van der Waals surface area contributed by atoms with Gasteiger partial charge in [-0.3, -0.25) is 0 Å². The normalized spacial score (nSPS) is 22.1. The van der Waals surface area contributed by atoms with Crippen LogP contribution in [-0.4, -0.2) is 23.5 Å². The summed E-state index contributed by atoms with van der Waals surface area (Å²) in [5.74, 6) is 0. The number of thiophene rings is 1. The Morgan fingerprint density at radius 1 is 1.75 bits per heavy atom. The van der Waals surface area contributed by atoms with Crippen LogP contribution < -0.4 is 0 Å². The van der Waals surface area contributed by atoms with E-state index in [4.69, 9.17) is 9.94 Å². The Kier molecular flexibility index (Phi) is 2.10. The van der Waals surface area contributed by atoms with Gasteiger partial charge in [-0.1, -0.05) is 11.2 Å². The highest BCUT2D eigenvalue weighted by Crippen LogP contribution is 2.19. The molecule has 1 atom stereocenters. The predicted octanol–water partition coefficient (Wildman–Crippen LogP) is 1.23. The molecule has 0 aliphatic carbocycles. The zero-order chi connectivity index (χ0) is 8.39. The maximum atomic E-state index is 8.79. The maximum absolute atomic E-state index is 8.79. The van der Waals surface area contributed by atoms with Gasteiger partial charge in [-0.25, -0.2) is 0 Å². The molecular weight excluding hydrogens is 174 g/mol. The molecule has 1 aromatic heterocycles. The molecule has 4 heteroatoms. The second kappa shape index (κ2) is 3.25. The number of aliphatic hydroxyl groups excluding tert-OH is 1. The first kappa shape index (κ1) is 7.76. The summed E-state index contributed by atoms with van der Waals surface area (Å²) in [5.41, 5.74) is 0.948. The van der Waals surface area contributed by atoms with Gasteiger partial charge >= 0.3 is 0 Å². The predicted molar refractivity (Wildman–Crippen MR) is 47.4 cm³/mol. The van der Waals surface area contributed by atoms with Crippen LogP contribution in [0.4, 0.5) is 0 Å². The van der Waals surface area contributed by atoms with E-state index in [0.717, 1.165) is 17.0 Å². The van der Waals surface area contributed by atoms with E-state index in [1.54, 1.807) is 11.3 Å². The summed E-state index contributed by atoms with van der Waals surface area (Å²) in [6, 6.07) is 3.99. The third kappa shape index (κ3) is 1.35. The lowest BCUT2D eigenvalue weighted by Gasteiger charge is -2.00. The summed E-state index contributed by atoms with van der Waals surface area (Å²) in [6.07, 6.45) is 0.582. The summed E-state index contributed by atoms with van der Waals surface area (Å²) in [7, 11) is 0. The average Bonchev–Trinajstić information content (AvgIpc) is 2.75. The highest BCUT2D eigenvalue weighted by molar-refractivity contribution is 7.12. The Balaban J connectivity index is 2.09. The zero-order valence-corrected chi connectivity index (χ0v) is 7.25. The minimum Gasteiger partial charge on any atom is -0.392 e. The van der Waals surface area contributed by atoms with E-state index in [1.807, 2.05) is 17.5 Å². The minimum atomic E-state index is -0.137. The molecule has 1 aromatic rings. The second-order valence-electron chi connectivity index (χ2n) is 2.63. The van der Waals surface area contributed by atoms with Gasteiger partial charge in [0.1, 0.15) is 5.71 Å². The minimum absolute atomic E-state index is 0.0401. The Morgan fingerprint density at radius 2 is 2.67 bits per heavy atom. The summed E-state index contributed by atoms with van der Waals surface area (Å²) < 4.78 is 0. The molecule has 3 nitrogen and oxygen atoms in total. The van der Waals surface area contributed by atoms with Crippen molar-refractivity contribution in [3.05, 3.63) is 22.4 Å². The molecule has 0 spiro atoms. The van der Waals surface area contributed by atoms with Gasteiger partial charge in [-0.15, -0.1) is 11.3 Å². The third-order valence-corrected chi connectivity index (χ3v) is 2.66. The Morgan fingerprint density at radius 3 is 3.25 bits per heavy atom. The van der Waals surface area contributed by atoms with Crippen LogP contribution in [0, 0.1) is 0 Å². The van der Waals surface area contributed by atoms with Crippen LogP contribution in [0.2, 0.25) is 0 Å². The fraction of sp³-hybridized carbons (Fsp3) is 0.375. The molecule has 0 saturated carbocycles. The molecule has 1 unspecified atom stereocenters. The number of hydrogen-bond donors (Lipinski definition) is 1. The highest BCUT2D eigenvalue weighted by atomic mass is 32.1. The first-order valence-electron chi connectivity index (χ1n) is 3.77. The highest BCUT2D eigenvalue weighted by Gasteiger charge is 2.21.